The summed E-state index contributed by atoms with van der Waals surface area (Å²) in [6, 6.07) is 7.92. The number of aliphatic hydroxyl groups is 1. The van der Waals surface area contributed by atoms with Crippen LogP contribution >= 0.6 is 0 Å². The fourth-order valence-corrected chi connectivity index (χ4v) is 3.54. The van der Waals surface area contributed by atoms with Crippen molar-refractivity contribution in [3.8, 4) is 0 Å². The molecule has 1 amide bonds. The molecule has 0 aliphatic carbocycles. The summed E-state index contributed by atoms with van der Waals surface area (Å²) in [5.74, 6) is -0.478. The molecule has 1 N–H and O–H groups in total. The number of fused-ring (bicyclic) bond motifs is 2. The lowest BCUT2D eigenvalue weighted by atomic mass is 10.1. The molecule has 0 saturated carbocycles. The van der Waals surface area contributed by atoms with Crippen LogP contribution in [-0.2, 0) is 13.1 Å². The normalized spacial score (nSPS) is 15.5. The van der Waals surface area contributed by atoms with Crippen LogP contribution in [0.3, 0.4) is 0 Å². The molecule has 0 bridgehead atoms. The number of carbonyl (C=O) groups is 1. The molecule has 3 heterocycles. The molecule has 0 spiro atoms. The second-order valence-corrected chi connectivity index (χ2v) is 7.01. The molecule has 0 fully saturated rings. The van der Waals surface area contributed by atoms with Gasteiger partial charge in [-0.1, -0.05) is 0 Å². The van der Waals surface area contributed by atoms with Gasteiger partial charge in [0.1, 0.15) is 5.82 Å². The van der Waals surface area contributed by atoms with Gasteiger partial charge in [-0.25, -0.2) is 4.39 Å². The van der Waals surface area contributed by atoms with E-state index in [9.17, 15) is 14.3 Å². The molecule has 1 aromatic carbocycles. The molecule has 7 heteroatoms. The van der Waals surface area contributed by atoms with Crippen molar-refractivity contribution in [2.75, 3.05) is 6.54 Å². The average molecular weight is 368 g/mol. The van der Waals surface area contributed by atoms with E-state index >= 15 is 0 Å². The SMILES string of the molecule is Cc1cc(C(=O)N2CCCn3nc([C@@H](C)O)cc3C2)c2ccc(F)cc2n1. The number of aliphatic hydroxyl groups excluding tert-OH is 1. The number of hydrogen-bond acceptors (Lipinski definition) is 4. The number of rotatable bonds is 2. The highest BCUT2D eigenvalue weighted by atomic mass is 19.1. The Morgan fingerprint density at radius 3 is 2.85 bits per heavy atom. The summed E-state index contributed by atoms with van der Waals surface area (Å²) in [6.45, 7) is 5.20. The van der Waals surface area contributed by atoms with E-state index in [0.717, 1.165) is 12.1 Å². The van der Waals surface area contributed by atoms with Crippen LogP contribution in [0.1, 0.15) is 46.9 Å². The van der Waals surface area contributed by atoms with Gasteiger partial charge in [0.25, 0.3) is 5.91 Å². The van der Waals surface area contributed by atoms with Gasteiger partial charge in [-0.15, -0.1) is 0 Å². The summed E-state index contributed by atoms with van der Waals surface area (Å²) >= 11 is 0. The minimum atomic E-state index is -0.643. The quantitative estimate of drug-likeness (QED) is 0.755. The van der Waals surface area contributed by atoms with Gasteiger partial charge in [-0.3, -0.25) is 14.5 Å². The maximum Gasteiger partial charge on any atom is 0.254 e. The molecule has 27 heavy (non-hydrogen) atoms. The van der Waals surface area contributed by atoms with Crippen molar-refractivity contribution in [1.29, 1.82) is 0 Å². The van der Waals surface area contributed by atoms with E-state index < -0.39 is 6.10 Å². The van der Waals surface area contributed by atoms with E-state index in [2.05, 4.69) is 10.1 Å². The molecule has 4 rings (SSSR count). The zero-order valence-electron chi connectivity index (χ0n) is 15.3. The van der Waals surface area contributed by atoms with Gasteiger partial charge in [0.05, 0.1) is 35.1 Å². The highest BCUT2D eigenvalue weighted by Crippen LogP contribution is 2.24. The molecule has 0 unspecified atom stereocenters. The summed E-state index contributed by atoms with van der Waals surface area (Å²) in [5, 5.41) is 14.8. The fraction of sp³-hybridized carbons (Fsp3) is 0.350. The lowest BCUT2D eigenvalue weighted by molar-refractivity contribution is 0.0747. The highest BCUT2D eigenvalue weighted by molar-refractivity contribution is 6.06. The number of hydrogen-bond donors (Lipinski definition) is 1. The lowest BCUT2D eigenvalue weighted by Crippen LogP contribution is -2.31. The average Bonchev–Trinajstić information content (AvgIpc) is 2.92. The number of aryl methyl sites for hydroxylation is 2. The molecule has 1 aliphatic heterocycles. The summed E-state index contributed by atoms with van der Waals surface area (Å²) in [6.07, 6.45) is 0.131. The minimum absolute atomic E-state index is 0.106. The van der Waals surface area contributed by atoms with Crippen LogP contribution in [0.2, 0.25) is 0 Å². The predicted molar refractivity (Wildman–Crippen MR) is 98.7 cm³/mol. The number of halogens is 1. The van der Waals surface area contributed by atoms with Gasteiger partial charge in [0.15, 0.2) is 0 Å². The smallest absolute Gasteiger partial charge is 0.254 e. The summed E-state index contributed by atoms with van der Waals surface area (Å²) < 4.78 is 15.4. The second-order valence-electron chi connectivity index (χ2n) is 7.01. The fourth-order valence-electron chi connectivity index (χ4n) is 3.54. The van der Waals surface area contributed by atoms with Crippen LogP contribution in [-0.4, -0.2) is 37.2 Å². The van der Waals surface area contributed by atoms with Crippen molar-refractivity contribution in [3.63, 3.8) is 0 Å². The maximum atomic E-state index is 13.6. The van der Waals surface area contributed by atoms with Crippen molar-refractivity contribution in [1.82, 2.24) is 19.7 Å². The number of carbonyl (C=O) groups excluding carboxylic acids is 1. The van der Waals surface area contributed by atoms with Crippen molar-refractivity contribution >= 4 is 16.8 Å². The Bertz CT molecular complexity index is 1020. The van der Waals surface area contributed by atoms with Crippen molar-refractivity contribution < 1.29 is 14.3 Å². The molecular formula is C20H21FN4O2. The molecular weight excluding hydrogens is 347 g/mol. The van der Waals surface area contributed by atoms with Crippen LogP contribution in [0.4, 0.5) is 4.39 Å². The zero-order valence-corrected chi connectivity index (χ0v) is 15.3. The van der Waals surface area contributed by atoms with Gasteiger partial charge in [-0.2, -0.15) is 5.10 Å². The molecule has 6 nitrogen and oxygen atoms in total. The summed E-state index contributed by atoms with van der Waals surface area (Å²) in [5.41, 5.74) is 3.20. The number of benzene rings is 1. The van der Waals surface area contributed by atoms with Crippen LogP contribution in [0.15, 0.2) is 30.3 Å². The Balaban J connectivity index is 1.71. The topological polar surface area (TPSA) is 71.2 Å². The second kappa shape index (κ2) is 6.74. The van der Waals surface area contributed by atoms with E-state index in [1.807, 2.05) is 10.7 Å². The predicted octanol–water partition coefficient (Wildman–Crippen LogP) is 2.98. The van der Waals surface area contributed by atoms with E-state index in [1.54, 1.807) is 30.9 Å². The minimum Gasteiger partial charge on any atom is -0.387 e. The summed E-state index contributed by atoms with van der Waals surface area (Å²) in [7, 11) is 0. The highest BCUT2D eigenvalue weighted by Gasteiger charge is 2.24. The number of amides is 1. The first kappa shape index (κ1) is 17.6. The van der Waals surface area contributed by atoms with Gasteiger partial charge in [-0.05, 0) is 44.5 Å². The van der Waals surface area contributed by atoms with Crippen molar-refractivity contribution in [2.24, 2.45) is 0 Å². The first-order valence-electron chi connectivity index (χ1n) is 9.03. The third-order valence-corrected chi connectivity index (χ3v) is 4.88. The molecule has 1 aliphatic rings. The maximum absolute atomic E-state index is 13.6. The van der Waals surface area contributed by atoms with E-state index in [0.29, 0.717) is 47.5 Å². The number of nitrogens with zero attached hydrogens (tertiary/aromatic N) is 4. The van der Waals surface area contributed by atoms with E-state index in [1.165, 1.54) is 12.1 Å². The number of pyridine rings is 1. The third-order valence-electron chi connectivity index (χ3n) is 4.88. The van der Waals surface area contributed by atoms with Gasteiger partial charge >= 0.3 is 0 Å². The standard InChI is InChI=1S/C20H21FN4O2/c1-12-8-17(16-5-4-14(21)9-19(16)22-12)20(27)24-6-3-7-25-15(11-24)10-18(23-25)13(2)26/h4-5,8-10,13,26H,3,6-7,11H2,1-2H3/t13-/m1/s1. The Morgan fingerprint density at radius 1 is 1.26 bits per heavy atom. The molecule has 2 aromatic heterocycles. The van der Waals surface area contributed by atoms with Gasteiger partial charge < -0.3 is 10.0 Å². The van der Waals surface area contributed by atoms with Crippen LogP contribution < -0.4 is 0 Å². The van der Waals surface area contributed by atoms with Crippen molar-refractivity contribution in [2.45, 2.75) is 39.5 Å². The Morgan fingerprint density at radius 2 is 2.07 bits per heavy atom. The van der Waals surface area contributed by atoms with Gasteiger partial charge in [0.2, 0.25) is 0 Å². The molecule has 3 aromatic rings. The monoisotopic (exact) mass is 368 g/mol. The molecule has 140 valence electrons. The Kier molecular flexibility index (Phi) is 4.39. The van der Waals surface area contributed by atoms with E-state index in [-0.39, 0.29) is 11.7 Å². The van der Waals surface area contributed by atoms with E-state index in [4.69, 9.17) is 0 Å². The van der Waals surface area contributed by atoms with Gasteiger partial charge in [0, 0.05) is 30.2 Å². The van der Waals surface area contributed by atoms with Crippen molar-refractivity contribution in [3.05, 3.63) is 58.8 Å². The first-order valence-corrected chi connectivity index (χ1v) is 9.03. The molecule has 1 atom stereocenters. The van der Waals surface area contributed by atoms with Crippen LogP contribution in [0.5, 0.6) is 0 Å². The Labute approximate surface area is 156 Å². The first-order chi connectivity index (χ1) is 12.9. The summed E-state index contributed by atoms with van der Waals surface area (Å²) in [4.78, 5) is 19.4. The third kappa shape index (κ3) is 3.30. The number of aromatic nitrogens is 3. The van der Waals surface area contributed by atoms with Crippen LogP contribution in [0.25, 0.3) is 10.9 Å². The molecule has 0 radical (unpaired) electrons. The Hall–Kier alpha value is -2.80. The lowest BCUT2D eigenvalue weighted by Gasteiger charge is -2.21. The molecule has 0 saturated heterocycles. The van der Waals surface area contributed by atoms with Crippen LogP contribution in [0, 0.1) is 12.7 Å². The zero-order chi connectivity index (χ0) is 19.1. The largest absolute Gasteiger partial charge is 0.387 e.